The third kappa shape index (κ3) is 3.96. The smallest absolute Gasteiger partial charge is 0.326 e. The van der Waals surface area contributed by atoms with Gasteiger partial charge >= 0.3 is 6.18 Å². The van der Waals surface area contributed by atoms with Gasteiger partial charge in [-0.15, -0.1) is 0 Å². The highest BCUT2D eigenvalue weighted by molar-refractivity contribution is 7.89. The highest BCUT2D eigenvalue weighted by atomic mass is 32.2. The number of hydrogen-bond acceptors (Lipinski definition) is 3. The Morgan fingerprint density at radius 3 is 2.52 bits per heavy atom. The Bertz CT molecular complexity index is 625. The molecule has 1 aliphatic rings. The number of alkyl halides is 3. The van der Waals surface area contributed by atoms with Gasteiger partial charge in [0, 0.05) is 12.6 Å². The van der Waals surface area contributed by atoms with Crippen molar-refractivity contribution in [1.29, 1.82) is 0 Å². The zero-order valence-electron chi connectivity index (χ0n) is 11.4. The van der Waals surface area contributed by atoms with Gasteiger partial charge in [-0.05, 0) is 43.4 Å². The maximum Gasteiger partial charge on any atom is 0.416 e. The third-order valence-electron chi connectivity index (χ3n) is 3.56. The monoisotopic (exact) mass is 322 g/mol. The van der Waals surface area contributed by atoms with Gasteiger partial charge < -0.3 is 5.73 Å². The Morgan fingerprint density at radius 2 is 2.00 bits per heavy atom. The van der Waals surface area contributed by atoms with Gasteiger partial charge in [-0.3, -0.25) is 0 Å². The Kier molecular flexibility index (Phi) is 4.32. The molecule has 1 fully saturated rings. The minimum absolute atomic E-state index is 0.0175. The lowest BCUT2D eigenvalue weighted by molar-refractivity contribution is -0.138. The van der Waals surface area contributed by atoms with E-state index in [1.807, 2.05) is 0 Å². The molecular weight excluding hydrogens is 305 g/mol. The molecule has 0 aliphatic heterocycles. The van der Waals surface area contributed by atoms with Crippen molar-refractivity contribution in [2.24, 2.45) is 11.7 Å². The van der Waals surface area contributed by atoms with E-state index in [0.717, 1.165) is 25.0 Å². The summed E-state index contributed by atoms with van der Waals surface area (Å²) in [5.74, 6) is 0.302. The summed E-state index contributed by atoms with van der Waals surface area (Å²) in [5.41, 5.74) is 4.82. The van der Waals surface area contributed by atoms with E-state index in [9.17, 15) is 21.6 Å². The summed E-state index contributed by atoms with van der Waals surface area (Å²) in [7, 11) is -3.99. The van der Waals surface area contributed by atoms with Crippen molar-refractivity contribution >= 4 is 10.0 Å². The molecule has 8 heteroatoms. The number of nitrogens with two attached hydrogens (primary N) is 1. The van der Waals surface area contributed by atoms with Gasteiger partial charge in [-0.2, -0.15) is 13.2 Å². The van der Waals surface area contributed by atoms with Gasteiger partial charge in [-0.1, -0.05) is 6.07 Å². The quantitative estimate of drug-likeness (QED) is 0.871. The fourth-order valence-corrected chi connectivity index (χ4v) is 3.15. The van der Waals surface area contributed by atoms with Crippen molar-refractivity contribution < 1.29 is 21.6 Å². The largest absolute Gasteiger partial charge is 0.416 e. The van der Waals surface area contributed by atoms with Crippen LogP contribution in [0.5, 0.6) is 0 Å². The van der Waals surface area contributed by atoms with E-state index in [-0.39, 0.29) is 18.2 Å². The molecule has 0 bridgehead atoms. The van der Waals surface area contributed by atoms with E-state index in [1.165, 1.54) is 6.92 Å². The molecule has 21 heavy (non-hydrogen) atoms. The SMILES string of the molecule is Cc1ccc(S(=O)(=O)NCC(N)C2CC2)cc1C(F)(F)F. The number of nitrogens with one attached hydrogen (secondary N) is 1. The Hall–Kier alpha value is -1.12. The Morgan fingerprint density at radius 1 is 1.38 bits per heavy atom. The first-order chi connectivity index (χ1) is 9.61. The second-order valence-electron chi connectivity index (χ2n) is 5.33. The van der Waals surface area contributed by atoms with Crippen LogP contribution in [0.25, 0.3) is 0 Å². The van der Waals surface area contributed by atoms with E-state index in [2.05, 4.69) is 4.72 Å². The lowest BCUT2D eigenvalue weighted by Gasteiger charge is -2.14. The van der Waals surface area contributed by atoms with Crippen molar-refractivity contribution in [2.75, 3.05) is 6.54 Å². The number of sulfonamides is 1. The molecule has 0 aromatic heterocycles. The highest BCUT2D eigenvalue weighted by Gasteiger charge is 2.34. The molecule has 0 saturated heterocycles. The molecule has 1 aliphatic carbocycles. The summed E-state index contributed by atoms with van der Waals surface area (Å²) in [4.78, 5) is -0.400. The highest BCUT2D eigenvalue weighted by Crippen LogP contribution is 2.33. The molecule has 0 spiro atoms. The minimum Gasteiger partial charge on any atom is -0.326 e. The second-order valence-corrected chi connectivity index (χ2v) is 7.09. The Balaban J connectivity index is 2.19. The molecule has 1 atom stereocenters. The standard InChI is InChI=1S/C13H17F3N2O2S/c1-8-2-5-10(6-11(8)13(14,15)16)21(19,20)18-7-12(17)9-3-4-9/h2,5-6,9,12,18H,3-4,7,17H2,1H3. The molecule has 4 nitrogen and oxygen atoms in total. The summed E-state index contributed by atoms with van der Waals surface area (Å²) in [6.45, 7) is 1.32. The zero-order chi connectivity index (χ0) is 15.8. The third-order valence-corrected chi connectivity index (χ3v) is 4.98. The number of halogens is 3. The van der Waals surface area contributed by atoms with Gasteiger partial charge in [0.1, 0.15) is 0 Å². The normalized spacial score (nSPS) is 17.8. The molecular formula is C13H17F3N2O2S. The van der Waals surface area contributed by atoms with Gasteiger partial charge in [0.25, 0.3) is 0 Å². The lowest BCUT2D eigenvalue weighted by Crippen LogP contribution is -2.38. The van der Waals surface area contributed by atoms with E-state index in [0.29, 0.717) is 12.0 Å². The van der Waals surface area contributed by atoms with Crippen molar-refractivity contribution in [3.05, 3.63) is 29.3 Å². The van der Waals surface area contributed by atoms with Crippen LogP contribution in [0.3, 0.4) is 0 Å². The van der Waals surface area contributed by atoms with Gasteiger partial charge in [0.2, 0.25) is 10.0 Å². The molecule has 0 radical (unpaired) electrons. The molecule has 2 rings (SSSR count). The minimum atomic E-state index is -4.58. The van der Waals surface area contributed by atoms with E-state index < -0.39 is 26.7 Å². The second kappa shape index (κ2) is 5.58. The molecule has 118 valence electrons. The van der Waals surface area contributed by atoms with Crippen molar-refractivity contribution in [3.63, 3.8) is 0 Å². The molecule has 0 amide bonds. The van der Waals surface area contributed by atoms with Crippen LogP contribution in [0.15, 0.2) is 23.1 Å². The average molecular weight is 322 g/mol. The van der Waals surface area contributed by atoms with E-state index in [4.69, 9.17) is 5.73 Å². The van der Waals surface area contributed by atoms with Gasteiger partial charge in [0.15, 0.2) is 0 Å². The van der Waals surface area contributed by atoms with E-state index >= 15 is 0 Å². The van der Waals surface area contributed by atoms with Gasteiger partial charge in [0.05, 0.1) is 10.5 Å². The number of hydrogen-bond donors (Lipinski definition) is 2. The maximum absolute atomic E-state index is 12.8. The van der Waals surface area contributed by atoms with Crippen molar-refractivity contribution in [1.82, 2.24) is 4.72 Å². The van der Waals surface area contributed by atoms with Gasteiger partial charge in [-0.25, -0.2) is 13.1 Å². The zero-order valence-corrected chi connectivity index (χ0v) is 12.3. The van der Waals surface area contributed by atoms with Crippen LogP contribution in [-0.2, 0) is 16.2 Å². The van der Waals surface area contributed by atoms with Crippen LogP contribution in [-0.4, -0.2) is 21.0 Å². The molecule has 3 N–H and O–H groups in total. The summed E-state index contributed by atoms with van der Waals surface area (Å²) in [6, 6.07) is 2.67. The molecule has 1 unspecified atom stereocenters. The first-order valence-corrected chi connectivity index (χ1v) is 8.02. The summed E-state index contributed by atoms with van der Waals surface area (Å²) >= 11 is 0. The first kappa shape index (κ1) is 16.3. The topological polar surface area (TPSA) is 72.2 Å². The van der Waals surface area contributed by atoms with Crippen LogP contribution in [0.2, 0.25) is 0 Å². The average Bonchev–Trinajstić information content (AvgIpc) is 3.19. The van der Waals surface area contributed by atoms with Crippen molar-refractivity contribution in [3.8, 4) is 0 Å². The fraction of sp³-hybridized carbons (Fsp3) is 0.538. The molecule has 1 aromatic carbocycles. The number of aryl methyl sites for hydroxylation is 1. The fourth-order valence-electron chi connectivity index (χ4n) is 2.05. The predicted octanol–water partition coefficient (Wildman–Crippen LogP) is 2.03. The predicted molar refractivity (Wildman–Crippen MR) is 72.1 cm³/mol. The van der Waals surface area contributed by atoms with Crippen molar-refractivity contribution in [2.45, 2.75) is 36.9 Å². The maximum atomic E-state index is 12.8. The number of benzene rings is 1. The molecule has 1 saturated carbocycles. The van der Waals surface area contributed by atoms with Crippen LogP contribution >= 0.6 is 0 Å². The first-order valence-electron chi connectivity index (χ1n) is 6.54. The summed E-state index contributed by atoms with van der Waals surface area (Å²) < 4.78 is 64.8. The molecule has 1 aromatic rings. The number of rotatable bonds is 5. The lowest BCUT2D eigenvalue weighted by atomic mass is 10.1. The van der Waals surface area contributed by atoms with Crippen LogP contribution < -0.4 is 10.5 Å². The summed E-state index contributed by atoms with van der Waals surface area (Å²) in [6.07, 6.45) is -2.66. The summed E-state index contributed by atoms with van der Waals surface area (Å²) in [5, 5.41) is 0. The van der Waals surface area contributed by atoms with Crippen LogP contribution in [0, 0.1) is 12.8 Å². The van der Waals surface area contributed by atoms with Crippen LogP contribution in [0.1, 0.15) is 24.0 Å². The van der Waals surface area contributed by atoms with Crippen LogP contribution in [0.4, 0.5) is 13.2 Å². The van der Waals surface area contributed by atoms with E-state index in [1.54, 1.807) is 0 Å². The molecule has 0 heterocycles. The Labute approximate surface area is 121 Å².